The Bertz CT molecular complexity index is 356. The number of halogens is 1. The number of nitrogens with two attached hydrogens (primary N) is 1. The molecule has 2 rings (SSSR count). The summed E-state index contributed by atoms with van der Waals surface area (Å²) in [6.07, 6.45) is 1.02. The zero-order valence-corrected chi connectivity index (χ0v) is 10.3. The zero-order valence-electron chi connectivity index (χ0n) is 8.66. The first-order valence-corrected chi connectivity index (χ1v) is 5.93. The van der Waals surface area contributed by atoms with E-state index in [0.29, 0.717) is 12.6 Å². The van der Waals surface area contributed by atoms with Gasteiger partial charge in [-0.3, -0.25) is 0 Å². The number of hydrogen-bond acceptors (Lipinski definition) is 3. The SMILES string of the molecule is CC1Nc2cccc(Br)c2OC1CCN. The lowest BCUT2D eigenvalue weighted by Crippen LogP contribution is -2.40. The van der Waals surface area contributed by atoms with Gasteiger partial charge in [0.15, 0.2) is 5.75 Å². The molecule has 3 nitrogen and oxygen atoms in total. The Hall–Kier alpha value is -0.740. The molecule has 1 aromatic carbocycles. The minimum absolute atomic E-state index is 0.154. The highest BCUT2D eigenvalue weighted by Crippen LogP contribution is 2.38. The van der Waals surface area contributed by atoms with Crippen LogP contribution in [0.4, 0.5) is 5.69 Å². The largest absolute Gasteiger partial charge is 0.485 e. The fourth-order valence-corrected chi connectivity index (χ4v) is 2.27. The molecule has 0 fully saturated rings. The molecule has 15 heavy (non-hydrogen) atoms. The maximum absolute atomic E-state index is 5.93. The van der Waals surface area contributed by atoms with Gasteiger partial charge >= 0.3 is 0 Å². The summed E-state index contributed by atoms with van der Waals surface area (Å²) in [6.45, 7) is 2.76. The van der Waals surface area contributed by atoms with Gasteiger partial charge in [0.2, 0.25) is 0 Å². The van der Waals surface area contributed by atoms with Gasteiger partial charge in [-0.1, -0.05) is 6.07 Å². The van der Waals surface area contributed by atoms with Gasteiger partial charge in [-0.05, 0) is 48.0 Å². The van der Waals surface area contributed by atoms with Gasteiger partial charge < -0.3 is 15.8 Å². The molecule has 0 radical (unpaired) electrons. The average Bonchev–Trinajstić information content (AvgIpc) is 2.21. The van der Waals surface area contributed by atoms with Crippen molar-refractivity contribution < 1.29 is 4.74 Å². The lowest BCUT2D eigenvalue weighted by Gasteiger charge is -2.33. The van der Waals surface area contributed by atoms with Crippen LogP contribution in [0.15, 0.2) is 22.7 Å². The maximum atomic E-state index is 5.93. The zero-order chi connectivity index (χ0) is 10.8. The monoisotopic (exact) mass is 270 g/mol. The van der Waals surface area contributed by atoms with Crippen molar-refractivity contribution in [1.29, 1.82) is 0 Å². The Morgan fingerprint density at radius 3 is 3.07 bits per heavy atom. The van der Waals surface area contributed by atoms with E-state index < -0.39 is 0 Å². The van der Waals surface area contributed by atoms with E-state index in [9.17, 15) is 0 Å². The van der Waals surface area contributed by atoms with E-state index in [4.69, 9.17) is 10.5 Å². The Kier molecular flexibility index (Phi) is 3.17. The van der Waals surface area contributed by atoms with Gasteiger partial charge in [0, 0.05) is 0 Å². The molecule has 2 atom stereocenters. The van der Waals surface area contributed by atoms with Crippen LogP contribution in [0.2, 0.25) is 0 Å². The van der Waals surface area contributed by atoms with Gasteiger partial charge in [0.05, 0.1) is 16.2 Å². The molecule has 0 aromatic heterocycles. The summed E-state index contributed by atoms with van der Waals surface area (Å²) in [5.41, 5.74) is 6.61. The second kappa shape index (κ2) is 4.41. The molecule has 2 unspecified atom stereocenters. The van der Waals surface area contributed by atoms with E-state index in [-0.39, 0.29) is 6.10 Å². The third-order valence-electron chi connectivity index (χ3n) is 2.63. The molecular formula is C11H15BrN2O. The molecule has 1 aliphatic heterocycles. The summed E-state index contributed by atoms with van der Waals surface area (Å²) in [6, 6.07) is 6.30. The number of para-hydroxylation sites is 1. The lowest BCUT2D eigenvalue weighted by molar-refractivity contribution is 0.166. The van der Waals surface area contributed by atoms with E-state index in [0.717, 1.165) is 22.3 Å². The smallest absolute Gasteiger partial charge is 0.157 e. The molecule has 0 saturated carbocycles. The number of nitrogens with one attached hydrogen (secondary N) is 1. The molecule has 4 heteroatoms. The number of anilines is 1. The first-order chi connectivity index (χ1) is 7.22. The van der Waals surface area contributed by atoms with Crippen LogP contribution >= 0.6 is 15.9 Å². The third-order valence-corrected chi connectivity index (χ3v) is 3.25. The van der Waals surface area contributed by atoms with Gasteiger partial charge in [0.25, 0.3) is 0 Å². The van der Waals surface area contributed by atoms with E-state index in [1.54, 1.807) is 0 Å². The van der Waals surface area contributed by atoms with Gasteiger partial charge in [0.1, 0.15) is 6.10 Å². The van der Waals surface area contributed by atoms with Crippen LogP contribution < -0.4 is 15.8 Å². The summed E-state index contributed by atoms with van der Waals surface area (Å²) in [7, 11) is 0. The van der Waals surface area contributed by atoms with Crippen molar-refractivity contribution in [2.75, 3.05) is 11.9 Å². The Labute approximate surface area is 98.1 Å². The molecule has 82 valence electrons. The van der Waals surface area contributed by atoms with Crippen molar-refractivity contribution in [1.82, 2.24) is 0 Å². The summed E-state index contributed by atoms with van der Waals surface area (Å²) < 4.78 is 6.91. The van der Waals surface area contributed by atoms with E-state index >= 15 is 0 Å². The van der Waals surface area contributed by atoms with Gasteiger partial charge in [-0.15, -0.1) is 0 Å². The van der Waals surface area contributed by atoms with E-state index in [1.807, 2.05) is 18.2 Å². The van der Waals surface area contributed by atoms with E-state index in [2.05, 4.69) is 28.2 Å². The molecule has 0 saturated heterocycles. The Morgan fingerprint density at radius 2 is 2.33 bits per heavy atom. The fourth-order valence-electron chi connectivity index (χ4n) is 1.81. The molecule has 1 aromatic rings. The standard InChI is InChI=1S/C11H15BrN2O/c1-7-10(5-6-13)15-11-8(12)3-2-4-9(11)14-7/h2-4,7,10,14H,5-6,13H2,1H3. The second-order valence-corrected chi connectivity index (χ2v) is 4.64. The second-order valence-electron chi connectivity index (χ2n) is 3.78. The van der Waals surface area contributed by atoms with Crippen molar-refractivity contribution in [3.63, 3.8) is 0 Å². The van der Waals surface area contributed by atoms with Gasteiger partial charge in [-0.25, -0.2) is 0 Å². The van der Waals surface area contributed by atoms with Crippen LogP contribution in [-0.4, -0.2) is 18.7 Å². The Balaban J connectivity index is 2.26. The van der Waals surface area contributed by atoms with Crippen LogP contribution in [0, 0.1) is 0 Å². The number of hydrogen-bond donors (Lipinski definition) is 2. The quantitative estimate of drug-likeness (QED) is 0.868. The Morgan fingerprint density at radius 1 is 1.53 bits per heavy atom. The van der Waals surface area contributed by atoms with Crippen molar-refractivity contribution in [3.8, 4) is 5.75 Å². The molecule has 1 heterocycles. The summed E-state index contributed by atoms with van der Waals surface area (Å²) in [5.74, 6) is 0.897. The molecular weight excluding hydrogens is 256 g/mol. The molecule has 0 amide bonds. The lowest BCUT2D eigenvalue weighted by atomic mass is 10.1. The molecule has 1 aliphatic rings. The van der Waals surface area contributed by atoms with Crippen molar-refractivity contribution >= 4 is 21.6 Å². The van der Waals surface area contributed by atoms with Crippen LogP contribution in [0.25, 0.3) is 0 Å². The normalized spacial score (nSPS) is 23.9. The number of fused-ring (bicyclic) bond motifs is 1. The third kappa shape index (κ3) is 2.11. The van der Waals surface area contributed by atoms with Crippen LogP contribution in [0.5, 0.6) is 5.75 Å². The average molecular weight is 271 g/mol. The molecule has 0 spiro atoms. The van der Waals surface area contributed by atoms with Crippen molar-refractivity contribution in [2.45, 2.75) is 25.5 Å². The van der Waals surface area contributed by atoms with Crippen LogP contribution in [0.3, 0.4) is 0 Å². The highest BCUT2D eigenvalue weighted by Gasteiger charge is 2.26. The molecule has 0 bridgehead atoms. The maximum Gasteiger partial charge on any atom is 0.157 e. The summed E-state index contributed by atoms with van der Waals surface area (Å²) in [4.78, 5) is 0. The molecule has 0 aliphatic carbocycles. The summed E-state index contributed by atoms with van der Waals surface area (Å²) in [5, 5.41) is 3.42. The first kappa shape index (κ1) is 10.8. The minimum atomic E-state index is 0.154. The minimum Gasteiger partial charge on any atom is -0.485 e. The van der Waals surface area contributed by atoms with Gasteiger partial charge in [-0.2, -0.15) is 0 Å². The van der Waals surface area contributed by atoms with Crippen LogP contribution in [0.1, 0.15) is 13.3 Å². The first-order valence-electron chi connectivity index (χ1n) is 5.14. The topological polar surface area (TPSA) is 47.3 Å². The fraction of sp³-hybridized carbons (Fsp3) is 0.455. The number of rotatable bonds is 2. The van der Waals surface area contributed by atoms with Crippen LogP contribution in [-0.2, 0) is 0 Å². The molecule has 3 N–H and O–H groups in total. The van der Waals surface area contributed by atoms with Crippen molar-refractivity contribution in [2.24, 2.45) is 5.73 Å². The predicted molar refractivity (Wildman–Crippen MR) is 65.3 cm³/mol. The highest BCUT2D eigenvalue weighted by atomic mass is 79.9. The highest BCUT2D eigenvalue weighted by molar-refractivity contribution is 9.10. The number of benzene rings is 1. The number of ether oxygens (including phenoxy) is 1. The predicted octanol–water partition coefficient (Wildman–Crippen LogP) is 2.36. The van der Waals surface area contributed by atoms with E-state index in [1.165, 1.54) is 0 Å². The summed E-state index contributed by atoms with van der Waals surface area (Å²) >= 11 is 3.48. The van der Waals surface area contributed by atoms with Crippen molar-refractivity contribution in [3.05, 3.63) is 22.7 Å².